The highest BCUT2D eigenvalue weighted by Gasteiger charge is 2.42. The molecule has 3 N–H and O–H groups in total. The van der Waals surface area contributed by atoms with Crippen molar-refractivity contribution in [2.75, 3.05) is 18.0 Å². The molecule has 0 aromatic heterocycles. The fourth-order valence-electron chi connectivity index (χ4n) is 2.18. The van der Waals surface area contributed by atoms with E-state index in [0.29, 0.717) is 18.8 Å². The third-order valence-corrected chi connectivity index (χ3v) is 3.13. The van der Waals surface area contributed by atoms with Crippen molar-refractivity contribution >= 4 is 11.8 Å². The quantitative estimate of drug-likeness (QED) is 0.855. The van der Waals surface area contributed by atoms with Crippen molar-refractivity contribution in [2.24, 2.45) is 5.73 Å². The van der Waals surface area contributed by atoms with Crippen molar-refractivity contribution in [1.82, 2.24) is 0 Å². The molecule has 0 spiro atoms. The van der Waals surface area contributed by atoms with Gasteiger partial charge in [-0.05, 0) is 38.4 Å². The van der Waals surface area contributed by atoms with Gasteiger partial charge >= 0.3 is 6.09 Å². The molecule has 0 bridgehead atoms. The van der Waals surface area contributed by atoms with Crippen LogP contribution in [0.1, 0.15) is 19.8 Å². The summed E-state index contributed by atoms with van der Waals surface area (Å²) in [6.45, 7) is 2.90. The van der Waals surface area contributed by atoms with Gasteiger partial charge in [0.2, 0.25) is 0 Å². The van der Waals surface area contributed by atoms with Crippen LogP contribution in [0.3, 0.4) is 0 Å². The third-order valence-electron chi connectivity index (χ3n) is 3.13. The van der Waals surface area contributed by atoms with Crippen molar-refractivity contribution in [3.63, 3.8) is 0 Å². The largest absolute Gasteiger partial charge is 0.506 e. The number of carbonyl (C=O) groups excluding carboxylic acids is 1. The first-order chi connectivity index (χ1) is 8.56. The smallest absolute Gasteiger partial charge is 0.415 e. The number of rotatable bonds is 4. The molecule has 98 valence electrons. The van der Waals surface area contributed by atoms with Gasteiger partial charge in [0.05, 0.1) is 12.2 Å². The first-order valence-electron chi connectivity index (χ1n) is 6.04. The van der Waals surface area contributed by atoms with E-state index >= 15 is 0 Å². The fourth-order valence-corrected chi connectivity index (χ4v) is 2.18. The van der Waals surface area contributed by atoms with Gasteiger partial charge in [0, 0.05) is 0 Å². The van der Waals surface area contributed by atoms with Gasteiger partial charge in [0.1, 0.15) is 11.4 Å². The van der Waals surface area contributed by atoms with Gasteiger partial charge in [-0.15, -0.1) is 0 Å². The van der Waals surface area contributed by atoms with Crippen LogP contribution < -0.4 is 10.6 Å². The van der Waals surface area contributed by atoms with E-state index in [4.69, 9.17) is 10.5 Å². The lowest BCUT2D eigenvalue weighted by Gasteiger charge is -2.21. The summed E-state index contributed by atoms with van der Waals surface area (Å²) < 4.78 is 5.39. The molecule has 18 heavy (non-hydrogen) atoms. The van der Waals surface area contributed by atoms with Crippen LogP contribution in [0.5, 0.6) is 5.75 Å². The number of phenolic OH excluding ortho intramolecular Hbond substituents is 1. The van der Waals surface area contributed by atoms with Crippen LogP contribution in [0.2, 0.25) is 0 Å². The topological polar surface area (TPSA) is 75.8 Å². The Morgan fingerprint density at radius 3 is 2.89 bits per heavy atom. The number of aromatic hydroxyl groups is 1. The Balaban J connectivity index is 2.17. The number of phenols is 1. The Hall–Kier alpha value is -1.75. The number of nitrogens with zero attached hydrogens (tertiary/aromatic N) is 1. The molecule has 1 saturated heterocycles. The lowest BCUT2D eigenvalue weighted by molar-refractivity contribution is 0.0640. The van der Waals surface area contributed by atoms with Crippen LogP contribution in [0.4, 0.5) is 10.5 Å². The monoisotopic (exact) mass is 250 g/mol. The zero-order valence-corrected chi connectivity index (χ0v) is 10.4. The predicted molar refractivity (Wildman–Crippen MR) is 68.6 cm³/mol. The molecule has 0 saturated carbocycles. The van der Waals surface area contributed by atoms with Crippen LogP contribution in [0, 0.1) is 0 Å². The van der Waals surface area contributed by atoms with Gasteiger partial charge in [0.15, 0.2) is 0 Å². The molecule has 5 nitrogen and oxygen atoms in total. The maximum Gasteiger partial charge on any atom is 0.415 e. The predicted octanol–water partition coefficient (Wildman–Crippen LogP) is 1.85. The molecule has 0 aliphatic carbocycles. The standard InChI is InChI=1S/C13H18N2O3/c1-13(7-4-8-14)9-15(12(17)18-13)10-5-2-3-6-11(10)16/h2-3,5-6,16H,4,7-9,14H2,1H3. The molecule has 1 aliphatic heterocycles. The molecule has 1 aromatic carbocycles. The van der Waals surface area contributed by atoms with E-state index in [1.807, 2.05) is 6.92 Å². The lowest BCUT2D eigenvalue weighted by Crippen LogP contribution is -2.31. The number of carbonyl (C=O) groups is 1. The van der Waals surface area contributed by atoms with E-state index in [-0.39, 0.29) is 5.75 Å². The molecule has 1 heterocycles. The molecule has 1 unspecified atom stereocenters. The van der Waals surface area contributed by atoms with Gasteiger partial charge in [0.25, 0.3) is 0 Å². The zero-order valence-electron chi connectivity index (χ0n) is 10.4. The molecule has 1 fully saturated rings. The minimum absolute atomic E-state index is 0.0810. The maximum atomic E-state index is 11.9. The summed E-state index contributed by atoms with van der Waals surface area (Å²) in [7, 11) is 0. The van der Waals surface area contributed by atoms with Crippen molar-refractivity contribution in [2.45, 2.75) is 25.4 Å². The number of amides is 1. The van der Waals surface area contributed by atoms with Gasteiger partial charge in [-0.2, -0.15) is 0 Å². The number of nitrogens with two attached hydrogens (primary N) is 1. The molecule has 1 aliphatic rings. The molecular weight excluding hydrogens is 232 g/mol. The van der Waals surface area contributed by atoms with E-state index < -0.39 is 11.7 Å². The highest BCUT2D eigenvalue weighted by molar-refractivity contribution is 5.91. The van der Waals surface area contributed by atoms with Gasteiger partial charge in [-0.25, -0.2) is 4.79 Å². The minimum atomic E-state index is -0.529. The number of benzene rings is 1. The molecule has 2 rings (SSSR count). The average molecular weight is 250 g/mol. The summed E-state index contributed by atoms with van der Waals surface area (Å²) in [6, 6.07) is 6.75. The Labute approximate surface area is 106 Å². The number of hydrogen-bond acceptors (Lipinski definition) is 4. The summed E-state index contributed by atoms with van der Waals surface area (Å²) in [5, 5.41) is 9.77. The molecule has 1 amide bonds. The third kappa shape index (κ3) is 2.41. The van der Waals surface area contributed by atoms with E-state index in [1.165, 1.54) is 4.90 Å². The maximum absolute atomic E-state index is 11.9. The highest BCUT2D eigenvalue weighted by atomic mass is 16.6. The number of hydrogen-bond donors (Lipinski definition) is 2. The number of ether oxygens (including phenoxy) is 1. The summed E-state index contributed by atoms with van der Waals surface area (Å²) in [5.41, 5.74) is 5.43. The Morgan fingerprint density at radius 2 is 2.22 bits per heavy atom. The molecule has 1 aromatic rings. The minimum Gasteiger partial charge on any atom is -0.506 e. The summed E-state index contributed by atoms with van der Waals surface area (Å²) >= 11 is 0. The van der Waals surface area contributed by atoms with Gasteiger partial charge in [-0.3, -0.25) is 4.90 Å². The summed E-state index contributed by atoms with van der Waals surface area (Å²) in [4.78, 5) is 13.3. The van der Waals surface area contributed by atoms with Crippen molar-refractivity contribution in [3.8, 4) is 5.75 Å². The van der Waals surface area contributed by atoms with E-state index in [0.717, 1.165) is 12.8 Å². The highest BCUT2D eigenvalue weighted by Crippen LogP contribution is 2.35. The van der Waals surface area contributed by atoms with Crippen molar-refractivity contribution in [1.29, 1.82) is 0 Å². The second-order valence-corrected chi connectivity index (χ2v) is 4.78. The van der Waals surface area contributed by atoms with Crippen LogP contribution in [-0.4, -0.2) is 29.9 Å². The molecule has 5 heteroatoms. The van der Waals surface area contributed by atoms with Crippen molar-refractivity contribution < 1.29 is 14.6 Å². The molecule has 1 atom stereocenters. The fraction of sp³-hybridized carbons (Fsp3) is 0.462. The van der Waals surface area contributed by atoms with Crippen LogP contribution in [0.15, 0.2) is 24.3 Å². The summed E-state index contributed by atoms with van der Waals surface area (Å²) in [5.74, 6) is 0.0810. The number of anilines is 1. The van der Waals surface area contributed by atoms with Crippen LogP contribution in [-0.2, 0) is 4.74 Å². The average Bonchev–Trinajstić information content (AvgIpc) is 2.64. The number of cyclic esters (lactones) is 1. The molecular formula is C13H18N2O3. The van der Waals surface area contributed by atoms with Gasteiger partial charge in [-0.1, -0.05) is 12.1 Å². The Kier molecular flexibility index (Phi) is 3.43. The normalized spacial score (nSPS) is 23.2. The first kappa shape index (κ1) is 12.7. The first-order valence-corrected chi connectivity index (χ1v) is 6.04. The second-order valence-electron chi connectivity index (χ2n) is 4.78. The summed E-state index contributed by atoms with van der Waals surface area (Å²) in [6.07, 6.45) is 1.11. The van der Waals surface area contributed by atoms with E-state index in [1.54, 1.807) is 24.3 Å². The van der Waals surface area contributed by atoms with E-state index in [2.05, 4.69) is 0 Å². The lowest BCUT2D eigenvalue weighted by atomic mass is 10.00. The zero-order chi connectivity index (χ0) is 13.2. The van der Waals surface area contributed by atoms with Crippen molar-refractivity contribution in [3.05, 3.63) is 24.3 Å². The van der Waals surface area contributed by atoms with Gasteiger partial charge < -0.3 is 15.6 Å². The van der Waals surface area contributed by atoms with Crippen LogP contribution >= 0.6 is 0 Å². The van der Waals surface area contributed by atoms with Crippen LogP contribution in [0.25, 0.3) is 0 Å². The second kappa shape index (κ2) is 4.86. The SMILES string of the molecule is CC1(CCCN)CN(c2ccccc2O)C(=O)O1. The number of para-hydroxylation sites is 2. The Bertz CT molecular complexity index is 450. The van der Waals surface area contributed by atoms with E-state index in [9.17, 15) is 9.90 Å². The molecule has 0 radical (unpaired) electrons. The Morgan fingerprint density at radius 1 is 1.50 bits per heavy atom.